The molecule has 0 saturated heterocycles. The minimum Gasteiger partial charge on any atom is -0.352 e. The highest BCUT2D eigenvalue weighted by atomic mass is 16.2. The van der Waals surface area contributed by atoms with Crippen LogP contribution in [-0.4, -0.2) is 19.1 Å². The van der Waals surface area contributed by atoms with Crippen molar-refractivity contribution in [3.63, 3.8) is 0 Å². The van der Waals surface area contributed by atoms with E-state index in [1.807, 2.05) is 30.3 Å². The van der Waals surface area contributed by atoms with Crippen molar-refractivity contribution in [1.82, 2.24) is 19.1 Å². The van der Waals surface area contributed by atoms with Gasteiger partial charge in [0, 0.05) is 20.6 Å². The van der Waals surface area contributed by atoms with Crippen LogP contribution in [0.25, 0.3) is 11.2 Å². The fourth-order valence-corrected chi connectivity index (χ4v) is 2.19. The van der Waals surface area contributed by atoms with Gasteiger partial charge in [0.25, 0.3) is 5.56 Å². The number of aryl methyl sites for hydroxylation is 1. The third-order valence-electron chi connectivity index (χ3n) is 3.40. The number of aromatic nitrogens is 4. The molecule has 0 spiro atoms. The van der Waals surface area contributed by atoms with Crippen LogP contribution < -0.4 is 16.6 Å². The Bertz CT molecular complexity index is 905. The summed E-state index contributed by atoms with van der Waals surface area (Å²) in [5, 5.41) is 3.11. The van der Waals surface area contributed by atoms with Crippen LogP contribution in [0.1, 0.15) is 5.56 Å². The van der Waals surface area contributed by atoms with Gasteiger partial charge in [-0.2, -0.15) is 4.98 Å². The molecule has 108 valence electrons. The lowest BCUT2D eigenvalue weighted by Gasteiger charge is -2.01. The fourth-order valence-electron chi connectivity index (χ4n) is 2.19. The molecule has 3 rings (SSSR count). The van der Waals surface area contributed by atoms with E-state index in [2.05, 4.69) is 15.3 Å². The van der Waals surface area contributed by atoms with E-state index in [4.69, 9.17) is 0 Å². The van der Waals surface area contributed by atoms with Gasteiger partial charge in [0.15, 0.2) is 11.2 Å². The number of benzene rings is 1. The molecule has 2 N–H and O–H groups in total. The highest BCUT2D eigenvalue weighted by Crippen LogP contribution is 2.09. The summed E-state index contributed by atoms with van der Waals surface area (Å²) in [6, 6.07) is 9.84. The Hall–Kier alpha value is -2.83. The number of aromatic amines is 1. The second kappa shape index (κ2) is 4.93. The van der Waals surface area contributed by atoms with Crippen LogP contribution in [0, 0.1) is 0 Å². The molecule has 0 aliphatic rings. The van der Waals surface area contributed by atoms with E-state index < -0.39 is 5.69 Å². The zero-order valence-corrected chi connectivity index (χ0v) is 11.8. The third-order valence-corrected chi connectivity index (χ3v) is 3.40. The molecule has 7 nitrogen and oxygen atoms in total. The van der Waals surface area contributed by atoms with Crippen LogP contribution in [0.2, 0.25) is 0 Å². The van der Waals surface area contributed by atoms with Gasteiger partial charge in [-0.05, 0) is 5.56 Å². The van der Waals surface area contributed by atoms with Gasteiger partial charge in [0.2, 0.25) is 5.95 Å². The van der Waals surface area contributed by atoms with E-state index >= 15 is 0 Å². The van der Waals surface area contributed by atoms with Crippen molar-refractivity contribution >= 4 is 17.1 Å². The van der Waals surface area contributed by atoms with E-state index in [-0.39, 0.29) is 5.56 Å². The molecule has 2 heterocycles. The van der Waals surface area contributed by atoms with Gasteiger partial charge < -0.3 is 10.3 Å². The molecule has 21 heavy (non-hydrogen) atoms. The number of H-pyrrole nitrogens is 1. The predicted octanol–water partition coefficient (Wildman–Crippen LogP) is 0.572. The fraction of sp³-hybridized carbons (Fsp3) is 0.214. The van der Waals surface area contributed by atoms with E-state index in [0.717, 1.165) is 10.1 Å². The zero-order valence-electron chi connectivity index (χ0n) is 11.8. The number of hydrogen-bond acceptors (Lipinski definition) is 4. The lowest BCUT2D eigenvalue weighted by atomic mass is 10.2. The Morgan fingerprint density at radius 1 is 1.14 bits per heavy atom. The number of imidazole rings is 1. The quantitative estimate of drug-likeness (QED) is 0.737. The maximum absolute atomic E-state index is 12.0. The summed E-state index contributed by atoms with van der Waals surface area (Å²) >= 11 is 0. The number of nitrogens with one attached hydrogen (secondary N) is 2. The molecule has 0 unspecified atom stereocenters. The number of fused-ring (bicyclic) bond motifs is 1. The molecule has 0 saturated carbocycles. The number of nitrogens with zero attached hydrogens (tertiary/aromatic N) is 3. The van der Waals surface area contributed by atoms with E-state index in [0.29, 0.717) is 23.7 Å². The van der Waals surface area contributed by atoms with Crippen molar-refractivity contribution in [1.29, 1.82) is 0 Å². The molecule has 0 radical (unpaired) electrons. The maximum atomic E-state index is 12.0. The highest BCUT2D eigenvalue weighted by Gasteiger charge is 2.12. The van der Waals surface area contributed by atoms with Crippen LogP contribution in [0.4, 0.5) is 5.95 Å². The van der Waals surface area contributed by atoms with Crippen molar-refractivity contribution in [2.24, 2.45) is 14.1 Å². The molecule has 0 bridgehead atoms. The first-order valence-electron chi connectivity index (χ1n) is 6.51. The average molecular weight is 285 g/mol. The van der Waals surface area contributed by atoms with Gasteiger partial charge in [-0.1, -0.05) is 30.3 Å². The summed E-state index contributed by atoms with van der Waals surface area (Å²) in [4.78, 5) is 31.1. The third kappa shape index (κ3) is 2.22. The van der Waals surface area contributed by atoms with Crippen LogP contribution in [0.15, 0.2) is 39.9 Å². The molecule has 1 aromatic carbocycles. The Labute approximate surface area is 119 Å². The Balaban J connectivity index is 1.99. The Kier molecular flexibility index (Phi) is 3.09. The smallest absolute Gasteiger partial charge is 0.332 e. The minimum absolute atomic E-state index is 0.315. The van der Waals surface area contributed by atoms with Crippen LogP contribution in [0.5, 0.6) is 0 Å². The van der Waals surface area contributed by atoms with Crippen molar-refractivity contribution in [3.05, 3.63) is 56.7 Å². The molecule has 2 aromatic heterocycles. The van der Waals surface area contributed by atoms with Crippen molar-refractivity contribution in [2.45, 2.75) is 6.54 Å². The first-order chi connectivity index (χ1) is 10.1. The second-order valence-electron chi connectivity index (χ2n) is 4.83. The van der Waals surface area contributed by atoms with E-state index in [9.17, 15) is 9.59 Å². The first kappa shape index (κ1) is 13.2. The van der Waals surface area contributed by atoms with Crippen molar-refractivity contribution < 1.29 is 0 Å². The zero-order chi connectivity index (χ0) is 15.0. The van der Waals surface area contributed by atoms with Gasteiger partial charge >= 0.3 is 5.69 Å². The lowest BCUT2D eigenvalue weighted by Crippen LogP contribution is -2.36. The van der Waals surface area contributed by atoms with Crippen LogP contribution in [-0.2, 0) is 20.6 Å². The first-order valence-corrected chi connectivity index (χ1v) is 6.51. The predicted molar refractivity (Wildman–Crippen MR) is 80.3 cm³/mol. The average Bonchev–Trinajstić information content (AvgIpc) is 2.94. The number of hydrogen-bond donors (Lipinski definition) is 2. The minimum atomic E-state index is -0.395. The maximum Gasteiger partial charge on any atom is 0.332 e. The molecular weight excluding hydrogens is 270 g/mol. The normalized spacial score (nSPS) is 11.0. The number of anilines is 1. The summed E-state index contributed by atoms with van der Waals surface area (Å²) in [6.07, 6.45) is 0. The van der Waals surface area contributed by atoms with Gasteiger partial charge in [0.1, 0.15) is 0 Å². The molecule has 7 heteroatoms. The monoisotopic (exact) mass is 285 g/mol. The van der Waals surface area contributed by atoms with Gasteiger partial charge in [0.05, 0.1) is 0 Å². The molecule has 0 fully saturated rings. The molecular formula is C14H15N5O2. The summed E-state index contributed by atoms with van der Waals surface area (Å²) in [7, 11) is 3.04. The van der Waals surface area contributed by atoms with Crippen LogP contribution >= 0.6 is 0 Å². The molecule has 0 atom stereocenters. The van der Waals surface area contributed by atoms with Gasteiger partial charge in [-0.15, -0.1) is 0 Å². The summed E-state index contributed by atoms with van der Waals surface area (Å²) in [6.45, 7) is 0.578. The molecule has 0 aliphatic heterocycles. The molecule has 0 amide bonds. The molecule has 3 aromatic rings. The van der Waals surface area contributed by atoms with Gasteiger partial charge in [-0.3, -0.25) is 13.9 Å². The topological polar surface area (TPSA) is 84.7 Å². The summed E-state index contributed by atoms with van der Waals surface area (Å²) in [5.74, 6) is 0.465. The molecule has 0 aliphatic carbocycles. The van der Waals surface area contributed by atoms with Crippen LogP contribution in [0.3, 0.4) is 0 Å². The second-order valence-corrected chi connectivity index (χ2v) is 4.83. The van der Waals surface area contributed by atoms with Gasteiger partial charge in [-0.25, -0.2) is 4.79 Å². The summed E-state index contributed by atoms with van der Waals surface area (Å²) in [5.41, 5.74) is 0.982. The lowest BCUT2D eigenvalue weighted by molar-refractivity contribution is 0.709. The van der Waals surface area contributed by atoms with Crippen molar-refractivity contribution in [3.8, 4) is 0 Å². The van der Waals surface area contributed by atoms with E-state index in [1.54, 1.807) is 7.05 Å². The SMILES string of the molecule is Cn1c(=O)c2[nH]c(NCc3ccccc3)nc2n(C)c1=O. The Morgan fingerprint density at radius 3 is 2.57 bits per heavy atom. The largest absolute Gasteiger partial charge is 0.352 e. The Morgan fingerprint density at radius 2 is 1.86 bits per heavy atom. The van der Waals surface area contributed by atoms with E-state index in [1.165, 1.54) is 11.6 Å². The summed E-state index contributed by atoms with van der Waals surface area (Å²) < 4.78 is 2.41. The highest BCUT2D eigenvalue weighted by molar-refractivity contribution is 5.72. The standard InChI is InChI=1S/C14H15N5O2/c1-18-11-10(12(20)19(2)14(18)21)16-13(17-11)15-8-9-6-4-3-5-7-9/h3-7H,8H2,1-2H3,(H2,15,16,17). The van der Waals surface area contributed by atoms with Crippen molar-refractivity contribution in [2.75, 3.05) is 5.32 Å². The number of rotatable bonds is 3.